The number of rotatable bonds is 4. The summed E-state index contributed by atoms with van der Waals surface area (Å²) in [5.41, 5.74) is 2.16. The van der Waals surface area contributed by atoms with E-state index in [1.807, 2.05) is 37.3 Å². The van der Waals surface area contributed by atoms with Crippen LogP contribution in [0.2, 0.25) is 5.02 Å². The number of aromatic nitrogens is 4. The maximum atomic E-state index is 13.6. The van der Waals surface area contributed by atoms with Gasteiger partial charge in [0.25, 0.3) is 5.56 Å². The molecule has 0 spiro atoms. The van der Waals surface area contributed by atoms with E-state index in [0.29, 0.717) is 49.7 Å². The predicted molar refractivity (Wildman–Crippen MR) is 129 cm³/mol. The van der Waals surface area contributed by atoms with Gasteiger partial charge in [-0.15, -0.1) is 0 Å². The molecule has 2 aromatic heterocycles. The predicted octanol–water partition coefficient (Wildman–Crippen LogP) is 5.03. The van der Waals surface area contributed by atoms with Crippen LogP contribution in [0.5, 0.6) is 0 Å². The van der Waals surface area contributed by atoms with Gasteiger partial charge in [0.2, 0.25) is 0 Å². The van der Waals surface area contributed by atoms with Gasteiger partial charge in [-0.25, -0.2) is 15.0 Å². The first-order valence-electron chi connectivity index (χ1n) is 10.2. The van der Waals surface area contributed by atoms with Crippen molar-refractivity contribution in [3.63, 3.8) is 0 Å². The van der Waals surface area contributed by atoms with Crippen LogP contribution in [0.3, 0.4) is 0 Å². The highest BCUT2D eigenvalue weighted by molar-refractivity contribution is 6.35. The molecule has 0 saturated heterocycles. The summed E-state index contributed by atoms with van der Waals surface area (Å²) in [5.74, 6) is 1.05. The molecule has 3 aromatic carbocycles. The smallest absolute Gasteiger partial charge is 0.267 e. The Hall–Kier alpha value is -4.28. The van der Waals surface area contributed by atoms with Crippen molar-refractivity contribution >= 4 is 39.2 Å². The Bertz CT molecular complexity index is 1610. The summed E-state index contributed by atoms with van der Waals surface area (Å²) in [5, 5.41) is 14.1. The number of halogens is 1. The molecule has 1 unspecified atom stereocenters. The highest BCUT2D eigenvalue weighted by Crippen LogP contribution is 2.27. The molecule has 0 fully saturated rings. The Kier molecular flexibility index (Phi) is 5.21. The van der Waals surface area contributed by atoms with E-state index in [1.54, 1.807) is 41.0 Å². The van der Waals surface area contributed by atoms with Gasteiger partial charge in [0.15, 0.2) is 0 Å². The molecular formula is C25H17ClN6O. The second-order valence-electron chi connectivity index (χ2n) is 7.51. The number of hydrogen-bond acceptors (Lipinski definition) is 6. The number of nitrogens with one attached hydrogen (secondary N) is 1. The van der Waals surface area contributed by atoms with Crippen molar-refractivity contribution in [1.82, 2.24) is 19.5 Å². The van der Waals surface area contributed by atoms with Crippen molar-refractivity contribution in [2.75, 3.05) is 5.32 Å². The van der Waals surface area contributed by atoms with Gasteiger partial charge in [-0.3, -0.25) is 9.36 Å². The lowest BCUT2D eigenvalue weighted by Gasteiger charge is -2.21. The van der Waals surface area contributed by atoms with Crippen LogP contribution in [0.1, 0.15) is 24.4 Å². The molecule has 160 valence electrons. The highest BCUT2D eigenvalue weighted by atomic mass is 35.5. The summed E-state index contributed by atoms with van der Waals surface area (Å²) >= 11 is 6.37. The van der Waals surface area contributed by atoms with Crippen molar-refractivity contribution in [3.8, 4) is 11.8 Å². The molecule has 0 amide bonds. The van der Waals surface area contributed by atoms with Gasteiger partial charge < -0.3 is 5.32 Å². The molecule has 0 bridgehead atoms. The molecule has 1 atom stereocenters. The molecule has 0 saturated carbocycles. The standard InChI is InChI=1S/C25H17ClN6O/c1-15(30-23-18-12-16(13-27)10-11-20(18)28-14-29-23)24-31-21-9-5-8-19(26)22(21)25(33)32(24)17-6-3-2-4-7-17/h2-12,14-15H,1H3,(H,28,29,30). The summed E-state index contributed by atoms with van der Waals surface area (Å²) in [6.07, 6.45) is 1.46. The molecule has 5 rings (SSSR count). The topological polar surface area (TPSA) is 96.5 Å². The van der Waals surface area contributed by atoms with E-state index < -0.39 is 6.04 Å². The van der Waals surface area contributed by atoms with E-state index in [0.717, 1.165) is 0 Å². The third kappa shape index (κ3) is 3.67. The number of hydrogen-bond donors (Lipinski definition) is 1. The molecule has 0 radical (unpaired) electrons. The number of para-hydroxylation sites is 1. The maximum Gasteiger partial charge on any atom is 0.267 e. The number of nitrogens with zero attached hydrogens (tertiary/aromatic N) is 5. The van der Waals surface area contributed by atoms with Crippen molar-refractivity contribution < 1.29 is 0 Å². The van der Waals surface area contributed by atoms with Crippen molar-refractivity contribution in [2.24, 2.45) is 0 Å². The third-order valence-electron chi connectivity index (χ3n) is 5.39. The molecular weight excluding hydrogens is 436 g/mol. The minimum absolute atomic E-state index is 0.250. The molecule has 1 N–H and O–H groups in total. The fraction of sp³-hybridized carbons (Fsp3) is 0.0800. The molecule has 33 heavy (non-hydrogen) atoms. The average Bonchev–Trinajstić information content (AvgIpc) is 2.84. The van der Waals surface area contributed by atoms with Crippen LogP contribution >= 0.6 is 11.6 Å². The first-order chi connectivity index (χ1) is 16.1. The largest absolute Gasteiger partial charge is 0.360 e. The van der Waals surface area contributed by atoms with Crippen LogP contribution in [-0.4, -0.2) is 19.5 Å². The highest BCUT2D eigenvalue weighted by Gasteiger charge is 2.20. The second-order valence-corrected chi connectivity index (χ2v) is 7.92. The SMILES string of the molecule is CC(Nc1ncnc2ccc(C#N)cc12)c1nc2cccc(Cl)c2c(=O)n1-c1ccccc1. The molecule has 8 heteroatoms. The quantitative estimate of drug-likeness (QED) is 0.411. The normalized spacial score (nSPS) is 11.9. The van der Waals surface area contributed by atoms with Gasteiger partial charge in [0, 0.05) is 5.39 Å². The Labute approximate surface area is 193 Å². The summed E-state index contributed by atoms with van der Waals surface area (Å²) in [4.78, 5) is 27.0. The van der Waals surface area contributed by atoms with E-state index >= 15 is 0 Å². The summed E-state index contributed by atoms with van der Waals surface area (Å²) in [6.45, 7) is 1.90. The Morgan fingerprint density at radius 2 is 1.85 bits per heavy atom. The van der Waals surface area contributed by atoms with Crippen molar-refractivity contribution in [1.29, 1.82) is 5.26 Å². The lowest BCUT2D eigenvalue weighted by Crippen LogP contribution is -2.27. The molecule has 7 nitrogen and oxygen atoms in total. The summed E-state index contributed by atoms with van der Waals surface area (Å²) in [6, 6.07) is 21.5. The van der Waals surface area contributed by atoms with Crippen LogP contribution in [-0.2, 0) is 0 Å². The van der Waals surface area contributed by atoms with Crippen LogP contribution in [0.4, 0.5) is 5.82 Å². The summed E-state index contributed by atoms with van der Waals surface area (Å²) in [7, 11) is 0. The fourth-order valence-electron chi connectivity index (χ4n) is 3.83. The fourth-order valence-corrected chi connectivity index (χ4v) is 4.09. The molecule has 2 heterocycles. The van der Waals surface area contributed by atoms with E-state index in [-0.39, 0.29) is 5.56 Å². The monoisotopic (exact) mass is 452 g/mol. The van der Waals surface area contributed by atoms with Crippen molar-refractivity contribution in [2.45, 2.75) is 13.0 Å². The van der Waals surface area contributed by atoms with Crippen molar-refractivity contribution in [3.05, 3.63) is 99.8 Å². The van der Waals surface area contributed by atoms with Gasteiger partial charge in [0.1, 0.15) is 18.0 Å². The van der Waals surface area contributed by atoms with Gasteiger partial charge >= 0.3 is 0 Å². The third-order valence-corrected chi connectivity index (χ3v) is 5.71. The number of anilines is 1. The number of nitriles is 1. The van der Waals surface area contributed by atoms with Crippen LogP contribution in [0.15, 0.2) is 77.9 Å². The van der Waals surface area contributed by atoms with Gasteiger partial charge in [-0.1, -0.05) is 35.9 Å². The zero-order valence-electron chi connectivity index (χ0n) is 17.5. The molecule has 5 aromatic rings. The first kappa shape index (κ1) is 20.6. The maximum absolute atomic E-state index is 13.6. The van der Waals surface area contributed by atoms with E-state index in [4.69, 9.17) is 16.6 Å². The Morgan fingerprint density at radius 1 is 1.03 bits per heavy atom. The van der Waals surface area contributed by atoms with E-state index in [2.05, 4.69) is 21.4 Å². The number of fused-ring (bicyclic) bond motifs is 2. The van der Waals surface area contributed by atoms with E-state index in [1.165, 1.54) is 6.33 Å². The number of benzene rings is 3. The Balaban J connectivity index is 1.70. The average molecular weight is 453 g/mol. The minimum atomic E-state index is -0.412. The molecule has 0 aliphatic carbocycles. The van der Waals surface area contributed by atoms with Gasteiger partial charge in [-0.05, 0) is 49.4 Å². The Morgan fingerprint density at radius 3 is 2.64 bits per heavy atom. The van der Waals surface area contributed by atoms with Gasteiger partial charge in [0.05, 0.1) is 44.8 Å². The molecule has 0 aliphatic heterocycles. The zero-order valence-corrected chi connectivity index (χ0v) is 18.3. The zero-order chi connectivity index (χ0) is 22.9. The first-order valence-corrected chi connectivity index (χ1v) is 10.6. The minimum Gasteiger partial charge on any atom is -0.360 e. The lowest BCUT2D eigenvalue weighted by molar-refractivity contribution is 0.732. The van der Waals surface area contributed by atoms with E-state index in [9.17, 15) is 10.1 Å². The lowest BCUT2D eigenvalue weighted by atomic mass is 10.1. The second kappa shape index (κ2) is 8.34. The van der Waals surface area contributed by atoms with Gasteiger partial charge in [-0.2, -0.15) is 5.26 Å². The van der Waals surface area contributed by atoms with Crippen LogP contribution < -0.4 is 10.9 Å². The van der Waals surface area contributed by atoms with Crippen LogP contribution in [0.25, 0.3) is 27.5 Å². The summed E-state index contributed by atoms with van der Waals surface area (Å²) < 4.78 is 1.57. The molecule has 0 aliphatic rings. The van der Waals surface area contributed by atoms with Crippen LogP contribution in [0, 0.1) is 11.3 Å².